The molecule has 1 nitrogen and oxygen atoms in total. The molecule has 0 amide bonds. The van der Waals surface area contributed by atoms with Crippen molar-refractivity contribution in [1.29, 1.82) is 0 Å². The minimum atomic E-state index is -0.470. The topological polar surface area (TPSA) is 26.0 Å². The number of hydrogen-bond donors (Lipinski definition) is 1. The molecule has 3 rings (SSSR count). The third-order valence-corrected chi connectivity index (χ3v) is 4.95. The average molecular weight is 302 g/mol. The summed E-state index contributed by atoms with van der Waals surface area (Å²) in [5.41, 5.74) is 8.36. The van der Waals surface area contributed by atoms with Crippen LogP contribution < -0.4 is 5.73 Å². The number of benzene rings is 2. The van der Waals surface area contributed by atoms with Crippen LogP contribution in [0.15, 0.2) is 53.9 Å². The molecule has 1 unspecified atom stereocenters. The van der Waals surface area contributed by atoms with Gasteiger partial charge in [-0.25, -0.2) is 0 Å². The standard InChI is InChI=1S/C17H16ClNS/c1-17(19,14-7-3-4-8-15(14)18)10-12-11-20-16-9-5-2-6-13(12)16/h2-9,11H,10,19H2,1H3. The molecule has 0 fully saturated rings. The molecular weight excluding hydrogens is 286 g/mol. The van der Waals surface area contributed by atoms with E-state index in [0.29, 0.717) is 0 Å². The molecule has 0 saturated heterocycles. The van der Waals surface area contributed by atoms with E-state index in [-0.39, 0.29) is 0 Å². The molecule has 102 valence electrons. The highest BCUT2D eigenvalue weighted by atomic mass is 35.5. The molecule has 3 aromatic rings. The molecule has 0 bridgehead atoms. The first-order valence-corrected chi connectivity index (χ1v) is 7.83. The SMILES string of the molecule is CC(N)(Cc1csc2ccccc12)c1ccccc1Cl. The van der Waals surface area contributed by atoms with E-state index in [0.717, 1.165) is 17.0 Å². The third-order valence-electron chi connectivity index (χ3n) is 3.61. The first-order valence-electron chi connectivity index (χ1n) is 6.57. The van der Waals surface area contributed by atoms with Crippen molar-refractivity contribution < 1.29 is 0 Å². The Morgan fingerprint density at radius 3 is 2.60 bits per heavy atom. The number of hydrogen-bond acceptors (Lipinski definition) is 2. The fraction of sp³-hybridized carbons (Fsp3) is 0.176. The number of halogens is 1. The largest absolute Gasteiger partial charge is 0.321 e. The average Bonchev–Trinajstić information content (AvgIpc) is 2.82. The summed E-state index contributed by atoms with van der Waals surface area (Å²) in [6.07, 6.45) is 0.779. The van der Waals surface area contributed by atoms with Crippen LogP contribution in [0.3, 0.4) is 0 Å². The van der Waals surface area contributed by atoms with Gasteiger partial charge in [-0.15, -0.1) is 11.3 Å². The Labute approximate surface area is 128 Å². The minimum Gasteiger partial charge on any atom is -0.321 e. The molecule has 0 radical (unpaired) electrons. The fourth-order valence-electron chi connectivity index (χ4n) is 2.58. The van der Waals surface area contributed by atoms with Gasteiger partial charge >= 0.3 is 0 Å². The summed E-state index contributed by atoms with van der Waals surface area (Å²) in [5.74, 6) is 0. The van der Waals surface area contributed by atoms with Gasteiger partial charge in [-0.05, 0) is 47.4 Å². The number of rotatable bonds is 3. The number of thiophene rings is 1. The van der Waals surface area contributed by atoms with E-state index in [9.17, 15) is 0 Å². The lowest BCUT2D eigenvalue weighted by Gasteiger charge is -2.26. The first-order chi connectivity index (χ1) is 9.58. The Morgan fingerprint density at radius 2 is 1.80 bits per heavy atom. The molecule has 20 heavy (non-hydrogen) atoms. The lowest BCUT2D eigenvalue weighted by atomic mass is 9.86. The van der Waals surface area contributed by atoms with E-state index >= 15 is 0 Å². The zero-order valence-corrected chi connectivity index (χ0v) is 12.8. The van der Waals surface area contributed by atoms with Crippen molar-refractivity contribution in [3.63, 3.8) is 0 Å². The van der Waals surface area contributed by atoms with Gasteiger partial charge in [0.25, 0.3) is 0 Å². The molecule has 0 aliphatic carbocycles. The number of nitrogens with two attached hydrogens (primary N) is 1. The van der Waals surface area contributed by atoms with Gasteiger partial charge in [0.15, 0.2) is 0 Å². The van der Waals surface area contributed by atoms with Crippen LogP contribution in [0.5, 0.6) is 0 Å². The van der Waals surface area contributed by atoms with Crippen LogP contribution in [0, 0.1) is 0 Å². The Balaban J connectivity index is 1.99. The molecule has 0 aliphatic rings. The van der Waals surface area contributed by atoms with Crippen molar-refractivity contribution in [2.75, 3.05) is 0 Å². The Hall–Kier alpha value is -1.35. The summed E-state index contributed by atoms with van der Waals surface area (Å²) in [6.45, 7) is 2.04. The highest BCUT2D eigenvalue weighted by Crippen LogP contribution is 2.33. The molecule has 0 aliphatic heterocycles. The highest BCUT2D eigenvalue weighted by molar-refractivity contribution is 7.17. The zero-order valence-electron chi connectivity index (χ0n) is 11.3. The predicted octanol–water partition coefficient (Wildman–Crippen LogP) is 4.97. The summed E-state index contributed by atoms with van der Waals surface area (Å²) >= 11 is 8.06. The van der Waals surface area contributed by atoms with Crippen molar-refractivity contribution in [2.24, 2.45) is 5.73 Å². The molecule has 1 aromatic heterocycles. The summed E-state index contributed by atoms with van der Waals surface area (Å²) in [6, 6.07) is 16.3. The van der Waals surface area contributed by atoms with Crippen molar-refractivity contribution in [3.05, 3.63) is 70.1 Å². The molecule has 1 heterocycles. The maximum Gasteiger partial charge on any atom is 0.0456 e. The van der Waals surface area contributed by atoms with Gasteiger partial charge in [-0.1, -0.05) is 48.0 Å². The van der Waals surface area contributed by atoms with Gasteiger partial charge in [-0.3, -0.25) is 0 Å². The first kappa shape index (κ1) is 13.6. The van der Waals surface area contributed by atoms with Crippen LogP contribution in [0.1, 0.15) is 18.1 Å². The molecule has 2 aromatic carbocycles. The normalized spacial score (nSPS) is 14.3. The summed E-state index contributed by atoms with van der Waals surface area (Å²) in [7, 11) is 0. The van der Waals surface area contributed by atoms with Crippen LogP contribution in [-0.2, 0) is 12.0 Å². The lowest BCUT2D eigenvalue weighted by Crippen LogP contribution is -2.35. The van der Waals surface area contributed by atoms with Crippen molar-refractivity contribution >= 4 is 33.0 Å². The van der Waals surface area contributed by atoms with Gasteiger partial charge in [-0.2, -0.15) is 0 Å². The molecule has 1 atom stereocenters. The van der Waals surface area contributed by atoms with Gasteiger partial charge < -0.3 is 5.73 Å². The second-order valence-electron chi connectivity index (χ2n) is 5.33. The quantitative estimate of drug-likeness (QED) is 0.726. The minimum absolute atomic E-state index is 0.470. The van der Waals surface area contributed by atoms with Gasteiger partial charge in [0.1, 0.15) is 0 Å². The van der Waals surface area contributed by atoms with E-state index in [4.69, 9.17) is 17.3 Å². The summed E-state index contributed by atoms with van der Waals surface area (Å²) < 4.78 is 1.30. The number of fused-ring (bicyclic) bond motifs is 1. The van der Waals surface area contributed by atoms with Crippen LogP contribution in [-0.4, -0.2) is 0 Å². The highest BCUT2D eigenvalue weighted by Gasteiger charge is 2.25. The smallest absolute Gasteiger partial charge is 0.0456 e. The van der Waals surface area contributed by atoms with E-state index in [1.54, 1.807) is 11.3 Å². The molecule has 3 heteroatoms. The van der Waals surface area contributed by atoms with E-state index in [2.05, 4.69) is 29.6 Å². The monoisotopic (exact) mass is 301 g/mol. The molecule has 2 N–H and O–H groups in total. The van der Waals surface area contributed by atoms with Crippen molar-refractivity contribution in [1.82, 2.24) is 0 Å². The summed E-state index contributed by atoms with van der Waals surface area (Å²) in [5, 5.41) is 4.23. The fourth-order valence-corrected chi connectivity index (χ4v) is 3.90. The van der Waals surface area contributed by atoms with Crippen LogP contribution >= 0.6 is 22.9 Å². The van der Waals surface area contributed by atoms with Crippen LogP contribution in [0.25, 0.3) is 10.1 Å². The summed E-state index contributed by atoms with van der Waals surface area (Å²) in [4.78, 5) is 0. The van der Waals surface area contributed by atoms with Gasteiger partial charge in [0.2, 0.25) is 0 Å². The lowest BCUT2D eigenvalue weighted by molar-refractivity contribution is 0.494. The van der Waals surface area contributed by atoms with Gasteiger partial charge in [0.05, 0.1) is 0 Å². The predicted molar refractivity (Wildman–Crippen MR) is 88.5 cm³/mol. The Kier molecular flexibility index (Phi) is 3.55. The van der Waals surface area contributed by atoms with Gasteiger partial charge in [0, 0.05) is 15.3 Å². The Bertz CT molecular complexity index is 745. The van der Waals surface area contributed by atoms with Crippen molar-refractivity contribution in [2.45, 2.75) is 18.9 Å². The van der Waals surface area contributed by atoms with Crippen LogP contribution in [0.4, 0.5) is 0 Å². The zero-order chi connectivity index (χ0) is 14.2. The molecular formula is C17H16ClNS. The maximum absolute atomic E-state index is 6.54. The van der Waals surface area contributed by atoms with E-state index in [1.807, 2.05) is 31.2 Å². The molecule has 0 spiro atoms. The van der Waals surface area contributed by atoms with Crippen molar-refractivity contribution in [3.8, 4) is 0 Å². The third kappa shape index (κ3) is 2.47. The van der Waals surface area contributed by atoms with Crippen LogP contribution in [0.2, 0.25) is 5.02 Å². The second kappa shape index (κ2) is 5.21. The van der Waals surface area contributed by atoms with E-state index in [1.165, 1.54) is 15.6 Å². The maximum atomic E-state index is 6.54. The second-order valence-corrected chi connectivity index (χ2v) is 6.65. The van der Waals surface area contributed by atoms with E-state index < -0.39 is 5.54 Å². The Morgan fingerprint density at radius 1 is 1.10 bits per heavy atom. The molecule has 0 saturated carbocycles.